The number of carbonyl (C=O) groups excluding carboxylic acids is 3. The van der Waals surface area contributed by atoms with E-state index in [2.05, 4.69) is 11.9 Å². The predicted molar refractivity (Wildman–Crippen MR) is 187 cm³/mol. The van der Waals surface area contributed by atoms with Gasteiger partial charge in [-0.05, 0) is 73.7 Å². The van der Waals surface area contributed by atoms with Gasteiger partial charge in [-0.3, -0.25) is 9.59 Å². The van der Waals surface area contributed by atoms with E-state index in [9.17, 15) is 22.8 Å². The van der Waals surface area contributed by atoms with Gasteiger partial charge < -0.3 is 19.3 Å². The molecule has 4 aromatic carbocycles. The van der Waals surface area contributed by atoms with Crippen LogP contribution in [0.5, 0.6) is 0 Å². The Morgan fingerprint density at radius 3 is 1.73 bits per heavy atom. The van der Waals surface area contributed by atoms with Crippen LogP contribution in [0.2, 0.25) is 0 Å². The van der Waals surface area contributed by atoms with Crippen LogP contribution in [0, 0.1) is 6.92 Å². The molecule has 0 spiro atoms. The van der Waals surface area contributed by atoms with Crippen LogP contribution in [0.4, 0.5) is 13.2 Å². The Labute approximate surface area is 287 Å². The molecule has 49 heavy (non-hydrogen) atoms. The normalized spacial score (nSPS) is 17.0. The molecule has 6 rings (SSSR count). The van der Waals surface area contributed by atoms with Gasteiger partial charge in [0.25, 0.3) is 0 Å². The van der Waals surface area contributed by atoms with Crippen LogP contribution in [0.3, 0.4) is 0 Å². The zero-order valence-corrected chi connectivity index (χ0v) is 28.4. The molecule has 0 saturated carbocycles. The summed E-state index contributed by atoms with van der Waals surface area (Å²) in [6.45, 7) is 9.57. The third-order valence-corrected chi connectivity index (χ3v) is 8.51. The van der Waals surface area contributed by atoms with Gasteiger partial charge in [-0.2, -0.15) is 13.2 Å². The summed E-state index contributed by atoms with van der Waals surface area (Å²) >= 11 is 0. The van der Waals surface area contributed by atoms with Crippen LogP contribution in [0.1, 0.15) is 53.9 Å². The van der Waals surface area contributed by atoms with E-state index >= 15 is 0 Å². The second-order valence-electron chi connectivity index (χ2n) is 11.7. The lowest BCUT2D eigenvalue weighted by molar-refractivity contribution is -0.146. The molecule has 0 unspecified atom stereocenters. The van der Waals surface area contributed by atoms with Crippen molar-refractivity contribution in [1.29, 1.82) is 0 Å². The molecule has 6 nitrogen and oxygen atoms in total. The number of fused-ring (bicyclic) bond motifs is 1. The molecular weight excluding hydrogens is 629 g/mol. The zero-order valence-electron chi connectivity index (χ0n) is 28.4. The molecule has 4 aromatic rings. The first-order valence-electron chi connectivity index (χ1n) is 16.3. The lowest BCUT2D eigenvalue weighted by Crippen LogP contribution is -2.49. The molecule has 1 aliphatic carbocycles. The summed E-state index contributed by atoms with van der Waals surface area (Å²) in [7, 11) is 2.08. The number of rotatable bonds is 4. The number of hydrogen-bond acceptors (Lipinski definition) is 5. The molecule has 1 fully saturated rings. The Morgan fingerprint density at radius 2 is 1.22 bits per heavy atom. The van der Waals surface area contributed by atoms with Gasteiger partial charge in [0.2, 0.25) is 5.91 Å². The van der Waals surface area contributed by atoms with Crippen molar-refractivity contribution in [3.8, 4) is 11.1 Å². The van der Waals surface area contributed by atoms with Crippen LogP contribution in [0.25, 0.3) is 11.1 Å². The van der Waals surface area contributed by atoms with Gasteiger partial charge >= 0.3 is 12.1 Å². The maximum absolute atomic E-state index is 13.0. The van der Waals surface area contributed by atoms with Crippen molar-refractivity contribution in [2.75, 3.05) is 39.8 Å². The van der Waals surface area contributed by atoms with Crippen molar-refractivity contribution in [3.05, 3.63) is 131 Å². The zero-order chi connectivity index (χ0) is 35.8. The van der Waals surface area contributed by atoms with E-state index in [1.165, 1.54) is 12.1 Å². The summed E-state index contributed by atoms with van der Waals surface area (Å²) < 4.78 is 42.4. The molecule has 1 heterocycles. The number of amides is 1. The lowest BCUT2D eigenvalue weighted by atomic mass is 9.76. The number of benzene rings is 4. The number of likely N-dealkylation sites (N-methyl/N-ethyl adjacent to an activating group) is 1. The minimum absolute atomic E-state index is 0.129. The largest absolute Gasteiger partial charge is 0.466 e. The molecule has 0 radical (unpaired) electrons. The fourth-order valence-corrected chi connectivity index (χ4v) is 5.90. The minimum Gasteiger partial charge on any atom is -0.466 e. The van der Waals surface area contributed by atoms with Crippen LogP contribution in [0.15, 0.2) is 109 Å². The molecule has 1 saturated heterocycles. The lowest BCUT2D eigenvalue weighted by Gasteiger charge is -2.37. The first-order valence-corrected chi connectivity index (χ1v) is 16.3. The van der Waals surface area contributed by atoms with Gasteiger partial charge in [0, 0.05) is 26.2 Å². The predicted octanol–water partition coefficient (Wildman–Crippen LogP) is 8.17. The summed E-state index contributed by atoms with van der Waals surface area (Å²) in [6.07, 6.45) is -2.88. The number of piperazine rings is 1. The van der Waals surface area contributed by atoms with Gasteiger partial charge in [-0.1, -0.05) is 97.1 Å². The Balaban J connectivity index is 0.000000225. The maximum Gasteiger partial charge on any atom is 0.416 e. The molecule has 260 valence electrons. The second-order valence-corrected chi connectivity index (χ2v) is 11.7. The molecule has 1 aliphatic heterocycles. The Bertz CT molecular complexity index is 1560. The van der Waals surface area contributed by atoms with Crippen molar-refractivity contribution in [2.24, 2.45) is 0 Å². The number of halogens is 3. The van der Waals surface area contributed by atoms with E-state index in [4.69, 9.17) is 9.53 Å². The molecule has 0 bridgehead atoms. The molecular formula is C40H45F3N2O4. The van der Waals surface area contributed by atoms with Crippen LogP contribution >= 0.6 is 0 Å². The first-order chi connectivity index (χ1) is 23.6. The number of nitrogens with zero attached hydrogens (tertiary/aromatic N) is 2. The Morgan fingerprint density at radius 1 is 0.735 bits per heavy atom. The van der Waals surface area contributed by atoms with Gasteiger partial charge in [-0.15, -0.1) is 0 Å². The quantitative estimate of drug-likeness (QED) is 0.205. The highest BCUT2D eigenvalue weighted by atomic mass is 19.4. The van der Waals surface area contributed by atoms with E-state index in [1.54, 1.807) is 0 Å². The van der Waals surface area contributed by atoms with Crippen molar-refractivity contribution in [2.45, 2.75) is 44.7 Å². The second kappa shape index (κ2) is 19.3. The molecule has 1 amide bonds. The smallest absolute Gasteiger partial charge is 0.416 e. The van der Waals surface area contributed by atoms with Gasteiger partial charge in [-0.25, -0.2) is 0 Å². The van der Waals surface area contributed by atoms with Crippen molar-refractivity contribution in [1.82, 2.24) is 9.80 Å². The summed E-state index contributed by atoms with van der Waals surface area (Å²) in [5, 5.41) is 0. The first kappa shape index (κ1) is 38.7. The standard InChI is InChI=1S/C19H26N2O3.C14H11F3.C6H6.CH2O/c1-3-24-19(23)17-9-8-16(14-6-4-5-7-15(14)17)18(22)21-12-10-20(2)11-13-21;1-10-4-2-3-5-13(10)11-6-8-12(9-7-11)14(15,16)17;1-2-4-6-5-3-1;1-2/h4-7,16-17H,3,8-13H2,1-2H3;2-9H,1H3;1-6H;1H2/t16-,17-;;;/m1.../s1. The molecule has 2 aliphatic rings. The minimum atomic E-state index is -4.27. The van der Waals surface area contributed by atoms with Crippen LogP contribution < -0.4 is 0 Å². The molecule has 2 atom stereocenters. The van der Waals surface area contributed by atoms with Crippen molar-refractivity contribution in [3.63, 3.8) is 0 Å². The Kier molecular flexibility index (Phi) is 15.2. The van der Waals surface area contributed by atoms with E-state index in [-0.39, 0.29) is 23.7 Å². The summed E-state index contributed by atoms with van der Waals surface area (Å²) in [4.78, 5) is 37.5. The highest BCUT2D eigenvalue weighted by Gasteiger charge is 2.37. The fraction of sp³-hybridized carbons (Fsp3) is 0.325. The van der Waals surface area contributed by atoms with E-state index in [0.29, 0.717) is 19.4 Å². The third-order valence-electron chi connectivity index (χ3n) is 8.51. The fourth-order valence-electron chi connectivity index (χ4n) is 5.90. The molecule has 0 aromatic heterocycles. The van der Waals surface area contributed by atoms with Gasteiger partial charge in [0.05, 0.1) is 24.0 Å². The number of esters is 1. The molecule has 0 N–H and O–H groups in total. The third kappa shape index (κ3) is 11.1. The van der Waals surface area contributed by atoms with Crippen LogP contribution in [-0.4, -0.2) is 68.3 Å². The van der Waals surface area contributed by atoms with E-state index in [0.717, 1.165) is 66.1 Å². The Hall–Kier alpha value is -4.76. The summed E-state index contributed by atoms with van der Waals surface area (Å²) in [5.74, 6) is -0.332. The summed E-state index contributed by atoms with van der Waals surface area (Å²) in [6, 6.07) is 32.7. The average molecular weight is 675 g/mol. The van der Waals surface area contributed by atoms with E-state index < -0.39 is 11.7 Å². The van der Waals surface area contributed by atoms with Gasteiger partial charge in [0.1, 0.15) is 6.79 Å². The number of ether oxygens (including phenoxy) is 1. The van der Waals surface area contributed by atoms with Crippen molar-refractivity contribution >= 4 is 18.7 Å². The van der Waals surface area contributed by atoms with Crippen LogP contribution in [-0.2, 0) is 25.3 Å². The molecule has 9 heteroatoms. The summed E-state index contributed by atoms with van der Waals surface area (Å²) in [5.41, 5.74) is 4.17. The topological polar surface area (TPSA) is 66.9 Å². The highest BCUT2D eigenvalue weighted by molar-refractivity contribution is 5.87. The number of aryl methyl sites for hydroxylation is 1. The van der Waals surface area contributed by atoms with Crippen molar-refractivity contribution < 1.29 is 32.3 Å². The SMILES string of the molecule is C=O.CCOC(=O)[C@@H]1CC[C@@H](C(=O)N2CCN(C)CC2)c2ccccc21.Cc1ccccc1-c1ccc(C(F)(F)F)cc1.c1ccccc1. The van der Waals surface area contributed by atoms with Gasteiger partial charge in [0.15, 0.2) is 0 Å². The maximum atomic E-state index is 13.0. The van der Waals surface area contributed by atoms with E-state index in [1.807, 2.05) is 110 Å². The monoisotopic (exact) mass is 674 g/mol. The highest BCUT2D eigenvalue weighted by Crippen LogP contribution is 2.40. The average Bonchev–Trinajstić information content (AvgIpc) is 3.13. The number of alkyl halides is 3. The number of carbonyl (C=O) groups is 3. The number of hydrogen-bond donors (Lipinski definition) is 0.